The molecule has 2 aromatic carbocycles. The van der Waals surface area contributed by atoms with Crippen LogP contribution in [0.25, 0.3) is 0 Å². The molecule has 1 atom stereocenters. The van der Waals surface area contributed by atoms with Crippen molar-refractivity contribution in [2.75, 3.05) is 22.1 Å². The zero-order chi connectivity index (χ0) is 11.8. The number of rotatable bonds is 1. The third-order valence-corrected chi connectivity index (χ3v) is 2.91. The molecule has 1 aliphatic heterocycles. The van der Waals surface area contributed by atoms with Crippen LogP contribution in [-0.2, 0) is 0 Å². The van der Waals surface area contributed by atoms with Crippen molar-refractivity contribution in [2.24, 2.45) is 0 Å². The molecule has 6 N–H and O–H groups in total. The molecule has 0 spiro atoms. The molecule has 0 aromatic heterocycles. The number of hydrogen-bond donors (Lipinski definition) is 4. The number of benzene rings is 2. The number of hydrogen-bond acceptors (Lipinski definition) is 4. The Morgan fingerprint density at radius 3 is 2.18 bits per heavy atom. The first-order valence-electron chi connectivity index (χ1n) is 5.50. The highest BCUT2D eigenvalue weighted by Gasteiger charge is 2.20. The molecule has 1 heterocycles. The summed E-state index contributed by atoms with van der Waals surface area (Å²) in [6, 6.07) is 13.6. The molecular weight excluding hydrogens is 212 g/mol. The molecule has 0 saturated heterocycles. The molecule has 3 rings (SSSR count). The zero-order valence-corrected chi connectivity index (χ0v) is 9.27. The SMILES string of the molecule is Nc1ccc(C2Nc3ccc(N)cc3N2)cc1. The number of nitrogens with one attached hydrogen (secondary N) is 2. The summed E-state index contributed by atoms with van der Waals surface area (Å²) in [4.78, 5) is 0. The topological polar surface area (TPSA) is 76.1 Å². The van der Waals surface area contributed by atoms with Crippen LogP contribution >= 0.6 is 0 Å². The van der Waals surface area contributed by atoms with E-state index in [4.69, 9.17) is 11.5 Å². The molecule has 0 fully saturated rings. The Hall–Kier alpha value is -2.36. The smallest absolute Gasteiger partial charge is 0.123 e. The summed E-state index contributed by atoms with van der Waals surface area (Å²) >= 11 is 0. The first kappa shape index (κ1) is 9.84. The van der Waals surface area contributed by atoms with Gasteiger partial charge in [-0.25, -0.2) is 0 Å². The van der Waals surface area contributed by atoms with Gasteiger partial charge < -0.3 is 22.1 Å². The molecule has 4 heteroatoms. The van der Waals surface area contributed by atoms with Crippen molar-refractivity contribution < 1.29 is 0 Å². The summed E-state index contributed by atoms with van der Waals surface area (Å²) in [6.07, 6.45) is 0.0763. The van der Waals surface area contributed by atoms with Gasteiger partial charge in [-0.15, -0.1) is 0 Å². The monoisotopic (exact) mass is 226 g/mol. The fourth-order valence-corrected chi connectivity index (χ4v) is 2.01. The molecule has 0 bridgehead atoms. The Morgan fingerprint density at radius 2 is 1.41 bits per heavy atom. The van der Waals surface area contributed by atoms with E-state index in [1.807, 2.05) is 42.5 Å². The highest BCUT2D eigenvalue weighted by molar-refractivity contribution is 5.78. The Morgan fingerprint density at radius 1 is 0.765 bits per heavy atom. The summed E-state index contributed by atoms with van der Waals surface area (Å²) < 4.78 is 0. The summed E-state index contributed by atoms with van der Waals surface area (Å²) in [6.45, 7) is 0. The molecule has 0 radical (unpaired) electrons. The summed E-state index contributed by atoms with van der Waals surface area (Å²) in [5.41, 5.74) is 16.2. The van der Waals surface area contributed by atoms with E-state index in [0.29, 0.717) is 0 Å². The van der Waals surface area contributed by atoms with E-state index in [0.717, 1.165) is 28.3 Å². The van der Waals surface area contributed by atoms with E-state index >= 15 is 0 Å². The summed E-state index contributed by atoms with van der Waals surface area (Å²) in [5.74, 6) is 0. The first-order valence-corrected chi connectivity index (χ1v) is 5.50. The molecule has 0 saturated carbocycles. The Kier molecular flexibility index (Phi) is 2.08. The maximum Gasteiger partial charge on any atom is 0.123 e. The third-order valence-electron chi connectivity index (χ3n) is 2.91. The minimum atomic E-state index is 0.0763. The van der Waals surface area contributed by atoms with E-state index in [2.05, 4.69) is 10.6 Å². The maximum absolute atomic E-state index is 5.75. The maximum atomic E-state index is 5.75. The van der Waals surface area contributed by atoms with Crippen molar-refractivity contribution in [3.05, 3.63) is 48.0 Å². The van der Waals surface area contributed by atoms with E-state index in [9.17, 15) is 0 Å². The average molecular weight is 226 g/mol. The van der Waals surface area contributed by atoms with Crippen LogP contribution < -0.4 is 22.1 Å². The van der Waals surface area contributed by atoms with E-state index in [1.165, 1.54) is 0 Å². The Labute approximate surface area is 99.6 Å². The second-order valence-electron chi connectivity index (χ2n) is 4.19. The zero-order valence-electron chi connectivity index (χ0n) is 9.27. The molecule has 17 heavy (non-hydrogen) atoms. The van der Waals surface area contributed by atoms with Crippen LogP contribution in [0, 0.1) is 0 Å². The lowest BCUT2D eigenvalue weighted by Crippen LogP contribution is -2.11. The second-order valence-corrected chi connectivity index (χ2v) is 4.19. The van der Waals surface area contributed by atoms with Gasteiger partial charge >= 0.3 is 0 Å². The van der Waals surface area contributed by atoms with Crippen molar-refractivity contribution in [3.63, 3.8) is 0 Å². The molecule has 1 aliphatic rings. The predicted octanol–water partition coefficient (Wildman–Crippen LogP) is 2.39. The third kappa shape index (κ3) is 1.73. The predicted molar refractivity (Wildman–Crippen MR) is 71.7 cm³/mol. The van der Waals surface area contributed by atoms with Gasteiger partial charge in [-0.05, 0) is 35.9 Å². The van der Waals surface area contributed by atoms with Crippen molar-refractivity contribution in [1.29, 1.82) is 0 Å². The van der Waals surface area contributed by atoms with Crippen molar-refractivity contribution >= 4 is 22.7 Å². The van der Waals surface area contributed by atoms with Crippen LogP contribution in [0.15, 0.2) is 42.5 Å². The standard InChI is InChI=1S/C13H14N4/c14-9-3-1-8(2-4-9)13-16-11-6-5-10(15)7-12(11)17-13/h1-7,13,16-17H,14-15H2. The quantitative estimate of drug-likeness (QED) is 0.563. The lowest BCUT2D eigenvalue weighted by Gasteiger charge is -2.12. The minimum Gasteiger partial charge on any atom is -0.399 e. The van der Waals surface area contributed by atoms with Crippen LogP contribution in [-0.4, -0.2) is 0 Å². The highest BCUT2D eigenvalue weighted by atomic mass is 15.2. The largest absolute Gasteiger partial charge is 0.399 e. The van der Waals surface area contributed by atoms with Gasteiger partial charge in [-0.1, -0.05) is 12.1 Å². The molecule has 2 aromatic rings. The fourth-order valence-electron chi connectivity index (χ4n) is 2.01. The molecule has 86 valence electrons. The number of nitrogen functional groups attached to an aromatic ring is 2. The van der Waals surface area contributed by atoms with E-state index in [-0.39, 0.29) is 6.17 Å². The van der Waals surface area contributed by atoms with E-state index < -0.39 is 0 Å². The van der Waals surface area contributed by atoms with Crippen LogP contribution in [0.5, 0.6) is 0 Å². The van der Waals surface area contributed by atoms with Gasteiger partial charge in [-0.3, -0.25) is 0 Å². The molecule has 4 nitrogen and oxygen atoms in total. The number of fused-ring (bicyclic) bond motifs is 1. The van der Waals surface area contributed by atoms with Gasteiger partial charge in [0.25, 0.3) is 0 Å². The average Bonchev–Trinajstić information content (AvgIpc) is 2.72. The van der Waals surface area contributed by atoms with Crippen LogP contribution in [0.2, 0.25) is 0 Å². The number of anilines is 4. The van der Waals surface area contributed by atoms with Crippen LogP contribution in [0.3, 0.4) is 0 Å². The second kappa shape index (κ2) is 3.59. The van der Waals surface area contributed by atoms with Crippen LogP contribution in [0.4, 0.5) is 22.7 Å². The van der Waals surface area contributed by atoms with Gasteiger partial charge in [0, 0.05) is 11.4 Å². The normalized spacial score (nSPS) is 17.1. The van der Waals surface area contributed by atoms with Crippen molar-refractivity contribution in [2.45, 2.75) is 6.17 Å². The van der Waals surface area contributed by atoms with Gasteiger partial charge in [0.15, 0.2) is 0 Å². The summed E-state index contributed by atoms with van der Waals surface area (Å²) in [7, 11) is 0. The minimum absolute atomic E-state index is 0.0763. The van der Waals surface area contributed by atoms with Gasteiger partial charge in [0.1, 0.15) is 6.17 Å². The molecule has 1 unspecified atom stereocenters. The number of nitrogens with two attached hydrogens (primary N) is 2. The van der Waals surface area contributed by atoms with Crippen molar-refractivity contribution in [3.8, 4) is 0 Å². The van der Waals surface area contributed by atoms with Gasteiger partial charge in [0.2, 0.25) is 0 Å². The highest BCUT2D eigenvalue weighted by Crippen LogP contribution is 2.36. The lowest BCUT2D eigenvalue weighted by atomic mass is 10.1. The Bertz CT molecular complexity index is 548. The van der Waals surface area contributed by atoms with E-state index in [1.54, 1.807) is 0 Å². The molecular formula is C13H14N4. The van der Waals surface area contributed by atoms with Gasteiger partial charge in [0.05, 0.1) is 11.4 Å². The van der Waals surface area contributed by atoms with Crippen LogP contribution in [0.1, 0.15) is 11.7 Å². The lowest BCUT2D eigenvalue weighted by molar-refractivity contribution is 0.942. The van der Waals surface area contributed by atoms with Crippen molar-refractivity contribution in [1.82, 2.24) is 0 Å². The Balaban J connectivity index is 1.88. The summed E-state index contributed by atoms with van der Waals surface area (Å²) in [5, 5.41) is 6.77. The van der Waals surface area contributed by atoms with Gasteiger partial charge in [-0.2, -0.15) is 0 Å². The molecule has 0 amide bonds. The molecule has 0 aliphatic carbocycles. The first-order chi connectivity index (χ1) is 8.22. The fraction of sp³-hybridized carbons (Fsp3) is 0.0769.